The Bertz CT molecular complexity index is 608. The van der Waals surface area contributed by atoms with Crippen LogP contribution in [0.15, 0.2) is 41.5 Å². The Morgan fingerprint density at radius 3 is 2.83 bits per heavy atom. The minimum Gasteiger partial charge on any atom is -0.385 e. The van der Waals surface area contributed by atoms with E-state index in [1.54, 1.807) is 14.2 Å². The number of hydrogen-bond donors (Lipinski definition) is 2. The molecule has 0 unspecified atom stereocenters. The number of rotatable bonds is 7. The molecule has 0 radical (unpaired) electrons. The lowest BCUT2D eigenvalue weighted by Gasteiger charge is -2.21. The number of nitrogens with zero attached hydrogens (tertiary/aromatic N) is 3. The van der Waals surface area contributed by atoms with Crippen LogP contribution in [0.3, 0.4) is 0 Å². The van der Waals surface area contributed by atoms with E-state index in [2.05, 4.69) is 32.4 Å². The summed E-state index contributed by atoms with van der Waals surface area (Å²) in [6.07, 6.45) is 2.82. The van der Waals surface area contributed by atoms with E-state index in [-0.39, 0.29) is 0 Å². The van der Waals surface area contributed by atoms with Crippen molar-refractivity contribution in [1.82, 2.24) is 20.2 Å². The molecule has 0 aliphatic rings. The van der Waals surface area contributed by atoms with E-state index in [0.29, 0.717) is 6.54 Å². The molecule has 6 nitrogen and oxygen atoms in total. The van der Waals surface area contributed by atoms with Crippen molar-refractivity contribution in [2.24, 2.45) is 4.99 Å². The first-order valence-electron chi connectivity index (χ1n) is 7.74. The summed E-state index contributed by atoms with van der Waals surface area (Å²) >= 11 is 0. The van der Waals surface area contributed by atoms with Crippen molar-refractivity contribution in [2.45, 2.75) is 13.0 Å². The summed E-state index contributed by atoms with van der Waals surface area (Å²) in [5.41, 5.74) is 2.16. The average Bonchev–Trinajstić information content (AvgIpc) is 3.04. The van der Waals surface area contributed by atoms with Crippen molar-refractivity contribution in [3.05, 3.63) is 42.4 Å². The number of nitrogens with one attached hydrogen (secondary N) is 2. The van der Waals surface area contributed by atoms with E-state index in [1.165, 1.54) is 0 Å². The van der Waals surface area contributed by atoms with Gasteiger partial charge in [-0.1, -0.05) is 30.3 Å². The van der Waals surface area contributed by atoms with Crippen molar-refractivity contribution in [2.75, 3.05) is 34.4 Å². The Hall–Kier alpha value is -2.34. The third-order valence-corrected chi connectivity index (χ3v) is 3.48. The quantitative estimate of drug-likeness (QED) is 0.467. The van der Waals surface area contributed by atoms with E-state index in [0.717, 1.165) is 42.6 Å². The molecule has 0 aliphatic heterocycles. The summed E-state index contributed by atoms with van der Waals surface area (Å²) in [6.45, 7) is 2.24. The number of guanidine groups is 1. The van der Waals surface area contributed by atoms with Gasteiger partial charge in [0.1, 0.15) is 5.82 Å². The van der Waals surface area contributed by atoms with Gasteiger partial charge in [0.05, 0.1) is 18.4 Å². The second-order valence-corrected chi connectivity index (χ2v) is 5.29. The normalized spacial score (nSPS) is 11.5. The molecule has 0 fully saturated rings. The molecule has 1 aromatic carbocycles. The fourth-order valence-electron chi connectivity index (χ4n) is 2.31. The number of aromatic amines is 1. The van der Waals surface area contributed by atoms with Crippen LogP contribution in [0.5, 0.6) is 0 Å². The van der Waals surface area contributed by atoms with Crippen LogP contribution in [0, 0.1) is 0 Å². The van der Waals surface area contributed by atoms with Crippen molar-refractivity contribution in [1.29, 1.82) is 0 Å². The van der Waals surface area contributed by atoms with Gasteiger partial charge in [0.25, 0.3) is 0 Å². The smallest absolute Gasteiger partial charge is 0.193 e. The van der Waals surface area contributed by atoms with Gasteiger partial charge >= 0.3 is 0 Å². The topological polar surface area (TPSA) is 65.5 Å². The highest BCUT2D eigenvalue weighted by atomic mass is 16.5. The van der Waals surface area contributed by atoms with E-state index >= 15 is 0 Å². The number of benzene rings is 1. The SMILES string of the molecule is CN=C(NCCCOC)N(C)Cc1ncc(-c2ccccc2)[nH]1. The molecular weight excluding hydrogens is 290 g/mol. The molecule has 1 heterocycles. The lowest BCUT2D eigenvalue weighted by atomic mass is 10.2. The van der Waals surface area contributed by atoms with Gasteiger partial charge in [0, 0.05) is 34.4 Å². The predicted octanol–water partition coefficient (Wildman–Crippen LogP) is 2.12. The minimum atomic E-state index is 0.663. The van der Waals surface area contributed by atoms with Crippen LogP contribution >= 0.6 is 0 Å². The van der Waals surface area contributed by atoms with Crippen LogP contribution in [0.4, 0.5) is 0 Å². The molecule has 6 heteroatoms. The molecule has 0 spiro atoms. The van der Waals surface area contributed by atoms with Crippen LogP contribution in [-0.4, -0.2) is 55.2 Å². The number of imidazole rings is 1. The fourth-order valence-corrected chi connectivity index (χ4v) is 2.31. The van der Waals surface area contributed by atoms with Gasteiger partial charge < -0.3 is 19.9 Å². The van der Waals surface area contributed by atoms with E-state index < -0.39 is 0 Å². The zero-order chi connectivity index (χ0) is 16.5. The number of ether oxygens (including phenoxy) is 1. The largest absolute Gasteiger partial charge is 0.385 e. The van der Waals surface area contributed by atoms with Gasteiger partial charge in [-0.3, -0.25) is 4.99 Å². The van der Waals surface area contributed by atoms with Gasteiger partial charge in [-0.2, -0.15) is 0 Å². The van der Waals surface area contributed by atoms with Crippen molar-refractivity contribution < 1.29 is 4.74 Å². The van der Waals surface area contributed by atoms with Gasteiger partial charge in [0.2, 0.25) is 0 Å². The fraction of sp³-hybridized carbons (Fsp3) is 0.412. The Morgan fingerprint density at radius 2 is 2.13 bits per heavy atom. The highest BCUT2D eigenvalue weighted by Crippen LogP contribution is 2.16. The molecule has 2 rings (SSSR count). The first kappa shape index (κ1) is 17.0. The summed E-state index contributed by atoms with van der Waals surface area (Å²) in [5.74, 6) is 1.75. The number of hydrogen-bond acceptors (Lipinski definition) is 3. The number of aromatic nitrogens is 2. The summed E-state index contributed by atoms with van der Waals surface area (Å²) in [4.78, 5) is 14.2. The predicted molar refractivity (Wildman–Crippen MR) is 93.3 cm³/mol. The molecule has 0 aliphatic carbocycles. The van der Waals surface area contributed by atoms with Crippen molar-refractivity contribution >= 4 is 5.96 Å². The molecule has 0 saturated carbocycles. The molecule has 0 amide bonds. The molecule has 2 N–H and O–H groups in total. The van der Waals surface area contributed by atoms with Gasteiger partial charge in [0.15, 0.2) is 5.96 Å². The Balaban J connectivity index is 1.92. The maximum atomic E-state index is 5.05. The van der Waals surface area contributed by atoms with Crippen LogP contribution in [0.25, 0.3) is 11.3 Å². The van der Waals surface area contributed by atoms with Gasteiger partial charge in [-0.15, -0.1) is 0 Å². The standard InChI is InChI=1S/C17H25N5O/c1-18-17(19-10-7-11-23-3)22(2)13-16-20-12-15(21-16)14-8-5-4-6-9-14/h4-6,8-9,12H,7,10-11,13H2,1-3H3,(H,18,19)(H,20,21). The molecule has 23 heavy (non-hydrogen) atoms. The molecule has 0 atom stereocenters. The summed E-state index contributed by atoms with van der Waals surface area (Å²) in [6, 6.07) is 10.2. The maximum absolute atomic E-state index is 5.05. The summed E-state index contributed by atoms with van der Waals surface area (Å²) < 4.78 is 5.05. The molecule has 2 aromatic rings. The van der Waals surface area contributed by atoms with Crippen LogP contribution < -0.4 is 5.32 Å². The first-order valence-corrected chi connectivity index (χ1v) is 7.74. The summed E-state index contributed by atoms with van der Waals surface area (Å²) in [5, 5.41) is 3.32. The first-order chi connectivity index (χ1) is 11.2. The number of methoxy groups -OCH3 is 1. The second-order valence-electron chi connectivity index (χ2n) is 5.29. The lowest BCUT2D eigenvalue weighted by Crippen LogP contribution is -2.39. The molecule has 0 saturated heterocycles. The maximum Gasteiger partial charge on any atom is 0.193 e. The van der Waals surface area contributed by atoms with Crippen LogP contribution in [0.1, 0.15) is 12.2 Å². The highest BCUT2D eigenvalue weighted by molar-refractivity contribution is 5.79. The monoisotopic (exact) mass is 315 g/mol. The zero-order valence-corrected chi connectivity index (χ0v) is 14.0. The zero-order valence-electron chi connectivity index (χ0n) is 14.0. The lowest BCUT2D eigenvalue weighted by molar-refractivity contribution is 0.195. The molecular formula is C17H25N5O. The molecule has 124 valence electrons. The Labute approximate surface area is 137 Å². The number of aliphatic imine (C=N–C) groups is 1. The average molecular weight is 315 g/mol. The Kier molecular flexibility index (Phi) is 6.62. The highest BCUT2D eigenvalue weighted by Gasteiger charge is 2.09. The molecule has 1 aromatic heterocycles. The minimum absolute atomic E-state index is 0.663. The van der Waals surface area contributed by atoms with E-state index in [1.807, 2.05) is 36.3 Å². The number of H-pyrrole nitrogens is 1. The third-order valence-electron chi connectivity index (χ3n) is 3.48. The van der Waals surface area contributed by atoms with Crippen molar-refractivity contribution in [3.63, 3.8) is 0 Å². The van der Waals surface area contributed by atoms with Crippen molar-refractivity contribution in [3.8, 4) is 11.3 Å². The van der Waals surface area contributed by atoms with Crippen LogP contribution in [0.2, 0.25) is 0 Å². The van der Waals surface area contributed by atoms with Gasteiger partial charge in [-0.05, 0) is 12.0 Å². The van der Waals surface area contributed by atoms with E-state index in [9.17, 15) is 0 Å². The second kappa shape index (κ2) is 8.95. The molecule has 0 bridgehead atoms. The Morgan fingerprint density at radius 1 is 1.35 bits per heavy atom. The third kappa shape index (κ3) is 5.10. The van der Waals surface area contributed by atoms with E-state index in [4.69, 9.17) is 4.74 Å². The summed E-state index contributed by atoms with van der Waals surface area (Å²) in [7, 11) is 5.49. The van der Waals surface area contributed by atoms with Gasteiger partial charge in [-0.25, -0.2) is 4.98 Å². The van der Waals surface area contributed by atoms with Crippen LogP contribution in [-0.2, 0) is 11.3 Å².